The number of rotatable bonds is 5. The van der Waals surface area contributed by atoms with Gasteiger partial charge < -0.3 is 5.32 Å². The van der Waals surface area contributed by atoms with Crippen LogP contribution in [0.5, 0.6) is 0 Å². The van der Waals surface area contributed by atoms with Crippen LogP contribution in [0.2, 0.25) is 0 Å². The molecule has 1 aliphatic heterocycles. The number of likely N-dealkylation sites (tertiary alicyclic amines) is 1. The highest BCUT2D eigenvalue weighted by Crippen LogP contribution is 2.27. The first-order valence-corrected chi connectivity index (χ1v) is 7.74. The molecule has 3 atom stereocenters. The van der Waals surface area contributed by atoms with E-state index in [4.69, 9.17) is 0 Å². The first-order chi connectivity index (χ1) is 9.22. The lowest BCUT2D eigenvalue weighted by Crippen LogP contribution is -2.45. The van der Waals surface area contributed by atoms with Gasteiger partial charge in [0.25, 0.3) is 0 Å². The highest BCUT2D eigenvalue weighted by molar-refractivity contribution is 5.18. The van der Waals surface area contributed by atoms with Gasteiger partial charge in [-0.1, -0.05) is 37.3 Å². The Balaban J connectivity index is 1.97. The van der Waals surface area contributed by atoms with Crippen LogP contribution in [-0.2, 0) is 0 Å². The minimum atomic E-state index is 0.540. The summed E-state index contributed by atoms with van der Waals surface area (Å²) < 4.78 is 0. The molecular weight excluding hydrogens is 232 g/mol. The van der Waals surface area contributed by atoms with E-state index in [1.807, 2.05) is 0 Å². The van der Waals surface area contributed by atoms with Gasteiger partial charge in [0.15, 0.2) is 0 Å². The molecule has 1 aromatic carbocycles. The molecule has 1 aliphatic rings. The fraction of sp³-hybridized carbons (Fsp3) is 0.647. The summed E-state index contributed by atoms with van der Waals surface area (Å²) in [6.45, 7) is 10.4. The highest BCUT2D eigenvalue weighted by Gasteiger charge is 2.27. The quantitative estimate of drug-likeness (QED) is 0.872. The fourth-order valence-corrected chi connectivity index (χ4v) is 3.23. The topological polar surface area (TPSA) is 15.3 Å². The van der Waals surface area contributed by atoms with E-state index in [1.165, 1.54) is 31.5 Å². The van der Waals surface area contributed by atoms with E-state index in [-0.39, 0.29) is 0 Å². The Kier molecular flexibility index (Phi) is 5.41. The van der Waals surface area contributed by atoms with E-state index in [9.17, 15) is 0 Å². The number of hydrogen-bond donors (Lipinski definition) is 1. The standard InChI is InChI=1S/C17H28N2/c1-4-18-14(2)17-11-8-12-19(13-17)15(3)16-9-6-5-7-10-16/h5-7,9-10,14-15,17-18H,4,8,11-13H2,1-3H3. The van der Waals surface area contributed by atoms with E-state index in [0.717, 1.165) is 12.5 Å². The Hall–Kier alpha value is -0.860. The molecular formula is C17H28N2. The maximum Gasteiger partial charge on any atom is 0.0320 e. The number of hydrogen-bond acceptors (Lipinski definition) is 2. The van der Waals surface area contributed by atoms with Crippen molar-refractivity contribution in [1.82, 2.24) is 10.2 Å². The molecule has 0 radical (unpaired) electrons. The molecule has 0 aliphatic carbocycles. The summed E-state index contributed by atoms with van der Waals surface area (Å²) in [5, 5.41) is 3.59. The monoisotopic (exact) mass is 260 g/mol. The maximum atomic E-state index is 3.59. The molecule has 1 fully saturated rings. The molecule has 1 saturated heterocycles. The molecule has 0 spiro atoms. The molecule has 3 unspecified atom stereocenters. The van der Waals surface area contributed by atoms with E-state index in [1.54, 1.807) is 0 Å². The number of nitrogens with one attached hydrogen (secondary N) is 1. The third-order valence-electron chi connectivity index (χ3n) is 4.55. The Morgan fingerprint density at radius 2 is 2.00 bits per heavy atom. The van der Waals surface area contributed by atoms with Crippen molar-refractivity contribution in [3.05, 3.63) is 35.9 Å². The predicted molar refractivity (Wildman–Crippen MR) is 82.3 cm³/mol. The van der Waals surface area contributed by atoms with Gasteiger partial charge in [-0.15, -0.1) is 0 Å². The van der Waals surface area contributed by atoms with Crippen LogP contribution in [0.3, 0.4) is 0 Å². The van der Waals surface area contributed by atoms with Crippen molar-refractivity contribution >= 4 is 0 Å². The number of nitrogens with zero attached hydrogens (tertiary/aromatic N) is 1. The van der Waals surface area contributed by atoms with Crippen molar-refractivity contribution < 1.29 is 0 Å². The van der Waals surface area contributed by atoms with Crippen molar-refractivity contribution in [2.75, 3.05) is 19.6 Å². The Morgan fingerprint density at radius 3 is 2.68 bits per heavy atom. The van der Waals surface area contributed by atoms with Crippen LogP contribution in [0.1, 0.15) is 45.2 Å². The number of benzene rings is 1. The first-order valence-electron chi connectivity index (χ1n) is 7.74. The van der Waals surface area contributed by atoms with Gasteiger partial charge in [0.05, 0.1) is 0 Å². The maximum absolute atomic E-state index is 3.59. The molecule has 2 heteroatoms. The summed E-state index contributed by atoms with van der Waals surface area (Å²) in [6.07, 6.45) is 2.70. The Labute approximate surface area is 118 Å². The van der Waals surface area contributed by atoms with Crippen molar-refractivity contribution in [3.8, 4) is 0 Å². The summed E-state index contributed by atoms with van der Waals surface area (Å²) >= 11 is 0. The van der Waals surface area contributed by atoms with Gasteiger partial charge in [-0.25, -0.2) is 0 Å². The van der Waals surface area contributed by atoms with Crippen LogP contribution in [0.4, 0.5) is 0 Å². The Morgan fingerprint density at radius 1 is 1.26 bits per heavy atom. The zero-order chi connectivity index (χ0) is 13.7. The van der Waals surface area contributed by atoms with Gasteiger partial charge in [-0.2, -0.15) is 0 Å². The van der Waals surface area contributed by atoms with Crippen molar-refractivity contribution in [2.24, 2.45) is 5.92 Å². The molecule has 19 heavy (non-hydrogen) atoms. The van der Waals surface area contributed by atoms with Gasteiger partial charge in [-0.3, -0.25) is 4.90 Å². The van der Waals surface area contributed by atoms with Crippen LogP contribution >= 0.6 is 0 Å². The highest BCUT2D eigenvalue weighted by atomic mass is 15.2. The van der Waals surface area contributed by atoms with Crippen LogP contribution in [0, 0.1) is 5.92 Å². The van der Waals surface area contributed by atoms with Crippen LogP contribution in [-0.4, -0.2) is 30.6 Å². The van der Waals surface area contributed by atoms with E-state index in [2.05, 4.69) is 61.3 Å². The molecule has 1 N–H and O–H groups in total. The summed E-state index contributed by atoms with van der Waals surface area (Å²) in [7, 11) is 0. The molecule has 0 aromatic heterocycles. The second kappa shape index (κ2) is 7.06. The normalized spacial score (nSPS) is 24.1. The first kappa shape index (κ1) is 14.5. The van der Waals surface area contributed by atoms with Gasteiger partial charge in [-0.05, 0) is 51.3 Å². The lowest BCUT2D eigenvalue weighted by atomic mass is 9.90. The van der Waals surface area contributed by atoms with Gasteiger partial charge in [0, 0.05) is 18.6 Å². The molecule has 1 heterocycles. The Bertz CT molecular complexity index is 363. The molecule has 0 bridgehead atoms. The predicted octanol–water partition coefficient (Wildman–Crippen LogP) is 3.46. The zero-order valence-electron chi connectivity index (χ0n) is 12.6. The fourth-order valence-electron chi connectivity index (χ4n) is 3.23. The second-order valence-corrected chi connectivity index (χ2v) is 5.83. The summed E-state index contributed by atoms with van der Waals surface area (Å²) in [6, 6.07) is 12.1. The van der Waals surface area contributed by atoms with Crippen LogP contribution < -0.4 is 5.32 Å². The lowest BCUT2D eigenvalue weighted by Gasteiger charge is -2.39. The molecule has 106 valence electrons. The summed E-state index contributed by atoms with van der Waals surface area (Å²) in [5.41, 5.74) is 1.44. The van der Waals surface area contributed by atoms with Gasteiger partial charge >= 0.3 is 0 Å². The van der Waals surface area contributed by atoms with E-state index >= 15 is 0 Å². The molecule has 2 rings (SSSR count). The van der Waals surface area contributed by atoms with Crippen LogP contribution in [0.15, 0.2) is 30.3 Å². The lowest BCUT2D eigenvalue weighted by molar-refractivity contribution is 0.114. The van der Waals surface area contributed by atoms with Gasteiger partial charge in [0.1, 0.15) is 0 Å². The minimum absolute atomic E-state index is 0.540. The molecule has 0 saturated carbocycles. The van der Waals surface area contributed by atoms with Crippen molar-refractivity contribution in [2.45, 2.75) is 45.7 Å². The smallest absolute Gasteiger partial charge is 0.0320 e. The van der Waals surface area contributed by atoms with Crippen molar-refractivity contribution in [3.63, 3.8) is 0 Å². The third kappa shape index (κ3) is 3.80. The summed E-state index contributed by atoms with van der Waals surface area (Å²) in [5.74, 6) is 0.792. The van der Waals surface area contributed by atoms with Gasteiger partial charge in [0.2, 0.25) is 0 Å². The van der Waals surface area contributed by atoms with E-state index < -0.39 is 0 Å². The summed E-state index contributed by atoms with van der Waals surface area (Å²) in [4.78, 5) is 2.65. The number of piperidine rings is 1. The third-order valence-corrected chi connectivity index (χ3v) is 4.55. The van der Waals surface area contributed by atoms with Crippen molar-refractivity contribution in [1.29, 1.82) is 0 Å². The largest absolute Gasteiger partial charge is 0.314 e. The minimum Gasteiger partial charge on any atom is -0.314 e. The SMILES string of the molecule is CCNC(C)C1CCCN(C(C)c2ccccc2)C1. The average molecular weight is 260 g/mol. The average Bonchev–Trinajstić information content (AvgIpc) is 2.48. The zero-order valence-corrected chi connectivity index (χ0v) is 12.6. The molecule has 0 amide bonds. The molecule has 1 aromatic rings. The second-order valence-electron chi connectivity index (χ2n) is 5.83. The van der Waals surface area contributed by atoms with Crippen LogP contribution in [0.25, 0.3) is 0 Å². The molecule has 2 nitrogen and oxygen atoms in total. The van der Waals surface area contributed by atoms with E-state index in [0.29, 0.717) is 12.1 Å².